The van der Waals surface area contributed by atoms with Gasteiger partial charge in [0, 0.05) is 39.6 Å². The zero-order chi connectivity index (χ0) is 38.6. The van der Waals surface area contributed by atoms with E-state index in [2.05, 4.69) is 138 Å². The molecule has 270 valence electrons. The second-order valence-corrected chi connectivity index (χ2v) is 14.8. The summed E-state index contributed by atoms with van der Waals surface area (Å²) in [5.74, 6) is 0.559. The Morgan fingerprint density at radius 3 is 1.60 bits per heavy atom. The first kappa shape index (κ1) is 33.5. The smallest absolute Gasteiger partial charge is 0.161 e. The van der Waals surface area contributed by atoms with Crippen LogP contribution in [0.25, 0.3) is 94.8 Å². The molecule has 0 bridgehead atoms. The fraction of sp³-hybridized carbons (Fsp3) is 0.0185. The topological polar surface area (TPSA) is 54.5 Å². The van der Waals surface area contributed by atoms with Gasteiger partial charge in [0.1, 0.15) is 11.6 Å². The standard InChI is InChI=1S/C54H34N4/c55-34-49-51(37-20-9-3-10-21-37)56-54(57-52(49)38-22-11-4-12-23-38)48-32-39(28-29-41(48)36-18-7-2-8-19-36)58-50-27-14-13-24-44(50)45-31-30-43-42-26-15-25-40(35-16-5-1-6-17-35)46(42)33-47(43)53(45)58/h1-32H,33H2. The van der Waals surface area contributed by atoms with Gasteiger partial charge in [-0.1, -0.05) is 176 Å². The summed E-state index contributed by atoms with van der Waals surface area (Å²) in [6, 6.07) is 70.3. The molecule has 0 unspecified atom stereocenters. The molecule has 4 nitrogen and oxygen atoms in total. The second kappa shape index (κ2) is 13.7. The molecule has 2 heterocycles. The minimum atomic E-state index is 0.450. The number of hydrogen-bond donors (Lipinski definition) is 0. The Bertz CT molecular complexity index is 3170. The number of rotatable bonds is 6. The Morgan fingerprint density at radius 1 is 0.431 bits per heavy atom. The number of nitrogens with zero attached hydrogens (tertiary/aromatic N) is 4. The predicted molar refractivity (Wildman–Crippen MR) is 237 cm³/mol. The first-order valence-electron chi connectivity index (χ1n) is 19.6. The van der Waals surface area contributed by atoms with Crippen molar-refractivity contribution in [3.05, 3.63) is 211 Å². The summed E-state index contributed by atoms with van der Waals surface area (Å²) in [6.45, 7) is 0. The van der Waals surface area contributed by atoms with E-state index in [1.54, 1.807) is 0 Å². The summed E-state index contributed by atoms with van der Waals surface area (Å²) < 4.78 is 2.44. The van der Waals surface area contributed by atoms with Gasteiger partial charge in [0.15, 0.2) is 5.82 Å². The normalized spacial score (nSPS) is 11.7. The minimum absolute atomic E-state index is 0.450. The number of para-hydroxylation sites is 1. The van der Waals surface area contributed by atoms with Crippen LogP contribution in [-0.4, -0.2) is 14.5 Å². The van der Waals surface area contributed by atoms with Crippen molar-refractivity contribution in [3.63, 3.8) is 0 Å². The maximum Gasteiger partial charge on any atom is 0.161 e. The van der Waals surface area contributed by atoms with Crippen LogP contribution in [0, 0.1) is 11.3 Å². The molecule has 0 atom stereocenters. The first-order valence-corrected chi connectivity index (χ1v) is 19.6. The fourth-order valence-corrected chi connectivity index (χ4v) is 8.94. The van der Waals surface area contributed by atoms with Crippen molar-refractivity contribution < 1.29 is 0 Å². The van der Waals surface area contributed by atoms with Crippen LogP contribution < -0.4 is 0 Å². The van der Waals surface area contributed by atoms with E-state index in [0.29, 0.717) is 22.8 Å². The summed E-state index contributed by atoms with van der Waals surface area (Å²) in [7, 11) is 0. The average molecular weight is 739 g/mol. The van der Waals surface area contributed by atoms with Gasteiger partial charge in [0.05, 0.1) is 22.4 Å². The molecule has 0 spiro atoms. The molecule has 0 saturated carbocycles. The van der Waals surface area contributed by atoms with E-state index >= 15 is 0 Å². The quantitative estimate of drug-likeness (QED) is 0.171. The molecule has 0 N–H and O–H groups in total. The van der Waals surface area contributed by atoms with Crippen LogP contribution in [0.3, 0.4) is 0 Å². The third-order valence-corrected chi connectivity index (χ3v) is 11.5. The van der Waals surface area contributed by atoms with Crippen molar-refractivity contribution >= 4 is 21.8 Å². The van der Waals surface area contributed by atoms with Crippen LogP contribution in [0.2, 0.25) is 0 Å². The summed E-state index contributed by atoms with van der Waals surface area (Å²) in [5.41, 5.74) is 17.5. The number of nitriles is 1. The molecule has 0 saturated heterocycles. The lowest BCUT2D eigenvalue weighted by atomic mass is 9.96. The second-order valence-electron chi connectivity index (χ2n) is 14.8. The highest BCUT2D eigenvalue weighted by Crippen LogP contribution is 2.47. The molecule has 2 aromatic heterocycles. The molecule has 58 heavy (non-hydrogen) atoms. The van der Waals surface area contributed by atoms with Crippen LogP contribution in [0.4, 0.5) is 0 Å². The van der Waals surface area contributed by atoms with Gasteiger partial charge in [0.2, 0.25) is 0 Å². The largest absolute Gasteiger partial charge is 0.309 e. The third-order valence-electron chi connectivity index (χ3n) is 11.5. The van der Waals surface area contributed by atoms with Gasteiger partial charge < -0.3 is 4.57 Å². The van der Waals surface area contributed by atoms with Crippen LogP contribution in [0.15, 0.2) is 194 Å². The van der Waals surface area contributed by atoms with E-state index in [1.165, 1.54) is 49.7 Å². The fourth-order valence-electron chi connectivity index (χ4n) is 8.94. The molecule has 0 aliphatic heterocycles. The first-order chi connectivity index (χ1) is 28.7. The van der Waals surface area contributed by atoms with Gasteiger partial charge in [-0.05, 0) is 62.7 Å². The summed E-state index contributed by atoms with van der Waals surface area (Å²) in [5, 5.41) is 13.1. The molecule has 1 aliphatic carbocycles. The highest BCUT2D eigenvalue weighted by Gasteiger charge is 2.28. The molecular weight excluding hydrogens is 705 g/mol. The summed E-state index contributed by atoms with van der Waals surface area (Å²) >= 11 is 0. The van der Waals surface area contributed by atoms with E-state index < -0.39 is 0 Å². The van der Waals surface area contributed by atoms with Crippen LogP contribution in [0.1, 0.15) is 16.7 Å². The zero-order valence-electron chi connectivity index (χ0n) is 31.5. The van der Waals surface area contributed by atoms with Crippen molar-refractivity contribution in [1.29, 1.82) is 5.26 Å². The van der Waals surface area contributed by atoms with Crippen LogP contribution in [-0.2, 0) is 6.42 Å². The van der Waals surface area contributed by atoms with Crippen LogP contribution >= 0.6 is 0 Å². The number of benzene rings is 8. The number of fused-ring (bicyclic) bond motifs is 7. The van der Waals surface area contributed by atoms with E-state index in [-0.39, 0.29) is 0 Å². The van der Waals surface area contributed by atoms with Crippen molar-refractivity contribution in [1.82, 2.24) is 14.5 Å². The maximum atomic E-state index is 10.7. The van der Waals surface area contributed by atoms with Crippen LogP contribution in [0.5, 0.6) is 0 Å². The van der Waals surface area contributed by atoms with E-state index in [1.807, 2.05) is 66.7 Å². The van der Waals surface area contributed by atoms with Gasteiger partial charge in [-0.3, -0.25) is 0 Å². The lowest BCUT2D eigenvalue weighted by Gasteiger charge is -2.17. The number of hydrogen-bond acceptors (Lipinski definition) is 3. The molecule has 8 aromatic carbocycles. The van der Waals surface area contributed by atoms with Crippen molar-refractivity contribution in [3.8, 4) is 79.0 Å². The highest BCUT2D eigenvalue weighted by atomic mass is 15.0. The Balaban J connectivity index is 1.19. The van der Waals surface area contributed by atoms with E-state index in [4.69, 9.17) is 9.97 Å². The van der Waals surface area contributed by atoms with E-state index in [9.17, 15) is 5.26 Å². The molecule has 0 amide bonds. The molecule has 10 aromatic rings. The van der Waals surface area contributed by atoms with E-state index in [0.717, 1.165) is 45.4 Å². The Kier molecular flexibility index (Phi) is 7.91. The van der Waals surface area contributed by atoms with Crippen molar-refractivity contribution in [2.75, 3.05) is 0 Å². The van der Waals surface area contributed by atoms with Crippen molar-refractivity contribution in [2.24, 2.45) is 0 Å². The van der Waals surface area contributed by atoms with Gasteiger partial charge >= 0.3 is 0 Å². The van der Waals surface area contributed by atoms with Gasteiger partial charge in [-0.2, -0.15) is 5.26 Å². The Hall–Kier alpha value is -7.87. The van der Waals surface area contributed by atoms with Gasteiger partial charge in [-0.25, -0.2) is 9.97 Å². The maximum absolute atomic E-state index is 10.7. The number of aromatic nitrogens is 3. The molecule has 0 fully saturated rings. The average Bonchev–Trinajstić information content (AvgIpc) is 3.86. The Labute approximate surface area is 336 Å². The van der Waals surface area contributed by atoms with Crippen molar-refractivity contribution in [2.45, 2.75) is 6.42 Å². The molecule has 11 rings (SSSR count). The monoisotopic (exact) mass is 738 g/mol. The zero-order valence-corrected chi connectivity index (χ0v) is 31.5. The third kappa shape index (κ3) is 5.37. The molecule has 4 heteroatoms. The molecule has 0 radical (unpaired) electrons. The molecule has 1 aliphatic rings. The highest BCUT2D eigenvalue weighted by molar-refractivity contribution is 6.13. The SMILES string of the molecule is N#Cc1c(-c2ccccc2)nc(-c2cc(-n3c4ccccc4c4ccc5c(c43)Cc3c(-c4ccccc4)cccc3-5)ccc2-c2ccccc2)nc1-c1ccccc1. The minimum Gasteiger partial charge on any atom is -0.309 e. The molecular formula is C54H34N4. The Morgan fingerprint density at radius 2 is 0.966 bits per heavy atom. The lowest BCUT2D eigenvalue weighted by molar-refractivity contribution is 1.14. The summed E-state index contributed by atoms with van der Waals surface area (Å²) in [6.07, 6.45) is 0.831. The predicted octanol–water partition coefficient (Wildman–Crippen LogP) is 13.4. The summed E-state index contributed by atoms with van der Waals surface area (Å²) in [4.78, 5) is 10.6. The van der Waals surface area contributed by atoms with Gasteiger partial charge in [-0.15, -0.1) is 0 Å². The van der Waals surface area contributed by atoms with Gasteiger partial charge in [0.25, 0.3) is 0 Å². The lowest BCUT2D eigenvalue weighted by Crippen LogP contribution is -2.03.